The summed E-state index contributed by atoms with van der Waals surface area (Å²) in [5.74, 6) is -0.840. The Labute approximate surface area is 116 Å². The summed E-state index contributed by atoms with van der Waals surface area (Å²) in [4.78, 5) is 0. The molecule has 2 atom stereocenters. The third-order valence-electron chi connectivity index (χ3n) is 4.00. The fraction of sp³-hybridized carbons (Fsp3) is 0.846. The van der Waals surface area contributed by atoms with Gasteiger partial charge < -0.3 is 10.3 Å². The molecule has 1 heterocycles. The highest BCUT2D eigenvalue weighted by molar-refractivity contribution is 5.07. The van der Waals surface area contributed by atoms with Crippen LogP contribution in [0.2, 0.25) is 0 Å². The lowest BCUT2D eigenvalue weighted by Gasteiger charge is -2.32. The standard InChI is InChI=1S/C13H21F3N4/c1-2-7-20-11(8-17)18-19-12(20)9-5-3-4-6-10(9)13(14,15)16/h9-10H,2-8,17H2,1H3. The molecule has 4 nitrogen and oxygen atoms in total. The Morgan fingerprint density at radius 2 is 1.95 bits per heavy atom. The van der Waals surface area contributed by atoms with Gasteiger partial charge in [-0.05, 0) is 19.3 Å². The Kier molecular flexibility index (Phi) is 4.67. The molecule has 0 radical (unpaired) electrons. The van der Waals surface area contributed by atoms with Gasteiger partial charge in [-0.15, -0.1) is 10.2 Å². The van der Waals surface area contributed by atoms with Crippen molar-refractivity contribution >= 4 is 0 Å². The summed E-state index contributed by atoms with van der Waals surface area (Å²) in [5.41, 5.74) is 5.60. The number of hydrogen-bond acceptors (Lipinski definition) is 3. The van der Waals surface area contributed by atoms with Gasteiger partial charge in [0.25, 0.3) is 0 Å². The fourth-order valence-corrected chi connectivity index (χ4v) is 3.07. The third-order valence-corrected chi connectivity index (χ3v) is 4.00. The molecule has 1 aromatic rings. The van der Waals surface area contributed by atoms with Crippen molar-refractivity contribution in [2.45, 2.75) is 64.2 Å². The van der Waals surface area contributed by atoms with Crippen LogP contribution in [0.25, 0.3) is 0 Å². The second-order valence-corrected chi connectivity index (χ2v) is 5.37. The number of nitrogens with zero attached hydrogens (tertiary/aromatic N) is 3. The van der Waals surface area contributed by atoms with Crippen molar-refractivity contribution in [3.63, 3.8) is 0 Å². The maximum absolute atomic E-state index is 13.2. The molecule has 1 aliphatic rings. The zero-order chi connectivity index (χ0) is 14.8. The van der Waals surface area contributed by atoms with E-state index in [1.54, 1.807) is 4.57 Å². The zero-order valence-corrected chi connectivity index (χ0v) is 11.7. The van der Waals surface area contributed by atoms with E-state index in [0.29, 0.717) is 31.0 Å². The van der Waals surface area contributed by atoms with Gasteiger partial charge in [-0.25, -0.2) is 0 Å². The van der Waals surface area contributed by atoms with Crippen LogP contribution in [0.4, 0.5) is 13.2 Å². The molecule has 2 rings (SSSR count). The summed E-state index contributed by atoms with van der Waals surface area (Å²) in [6, 6.07) is 0. The van der Waals surface area contributed by atoms with E-state index >= 15 is 0 Å². The Balaban J connectivity index is 2.35. The van der Waals surface area contributed by atoms with Gasteiger partial charge in [-0.1, -0.05) is 19.8 Å². The number of alkyl halides is 3. The van der Waals surface area contributed by atoms with Crippen molar-refractivity contribution in [2.24, 2.45) is 11.7 Å². The summed E-state index contributed by atoms with van der Waals surface area (Å²) >= 11 is 0. The molecule has 114 valence electrons. The molecule has 0 spiro atoms. The molecule has 1 aliphatic carbocycles. The number of hydrogen-bond donors (Lipinski definition) is 1. The van der Waals surface area contributed by atoms with E-state index in [2.05, 4.69) is 10.2 Å². The van der Waals surface area contributed by atoms with E-state index < -0.39 is 18.0 Å². The van der Waals surface area contributed by atoms with Crippen molar-refractivity contribution < 1.29 is 13.2 Å². The molecule has 2 unspecified atom stereocenters. The molecular formula is C13H21F3N4. The highest BCUT2D eigenvalue weighted by Gasteiger charge is 2.47. The topological polar surface area (TPSA) is 56.7 Å². The number of halogens is 3. The highest BCUT2D eigenvalue weighted by atomic mass is 19.4. The molecule has 1 fully saturated rings. The van der Waals surface area contributed by atoms with E-state index in [-0.39, 0.29) is 13.0 Å². The van der Waals surface area contributed by atoms with Crippen molar-refractivity contribution in [2.75, 3.05) is 0 Å². The fourth-order valence-electron chi connectivity index (χ4n) is 3.07. The van der Waals surface area contributed by atoms with Gasteiger partial charge >= 0.3 is 6.18 Å². The van der Waals surface area contributed by atoms with Crippen LogP contribution in [0, 0.1) is 5.92 Å². The van der Waals surface area contributed by atoms with E-state index in [0.717, 1.165) is 12.8 Å². The van der Waals surface area contributed by atoms with E-state index in [1.165, 1.54) is 0 Å². The van der Waals surface area contributed by atoms with Crippen molar-refractivity contribution in [3.05, 3.63) is 11.6 Å². The molecule has 7 heteroatoms. The van der Waals surface area contributed by atoms with Gasteiger partial charge in [0, 0.05) is 12.5 Å². The van der Waals surface area contributed by atoms with Crippen molar-refractivity contribution in [3.8, 4) is 0 Å². The van der Waals surface area contributed by atoms with Crippen LogP contribution in [-0.4, -0.2) is 20.9 Å². The van der Waals surface area contributed by atoms with Gasteiger partial charge in [0.05, 0.1) is 12.5 Å². The molecule has 0 aliphatic heterocycles. The minimum atomic E-state index is -4.17. The Bertz CT molecular complexity index is 441. The molecule has 0 bridgehead atoms. The monoisotopic (exact) mass is 290 g/mol. The Hall–Kier alpha value is -1.11. The lowest BCUT2D eigenvalue weighted by molar-refractivity contribution is -0.188. The van der Waals surface area contributed by atoms with E-state index in [4.69, 9.17) is 5.73 Å². The van der Waals surface area contributed by atoms with Gasteiger partial charge in [-0.3, -0.25) is 0 Å². The lowest BCUT2D eigenvalue weighted by Crippen LogP contribution is -2.33. The van der Waals surface area contributed by atoms with Crippen molar-refractivity contribution in [1.82, 2.24) is 14.8 Å². The Morgan fingerprint density at radius 1 is 1.25 bits per heavy atom. The lowest BCUT2D eigenvalue weighted by atomic mass is 9.78. The molecule has 0 saturated heterocycles. The summed E-state index contributed by atoms with van der Waals surface area (Å²) in [6.07, 6.45) is -1.19. The van der Waals surface area contributed by atoms with Gasteiger partial charge in [0.2, 0.25) is 0 Å². The molecule has 1 saturated carbocycles. The summed E-state index contributed by atoms with van der Waals surface area (Å²) in [7, 11) is 0. The van der Waals surface area contributed by atoms with Crippen LogP contribution < -0.4 is 5.73 Å². The molecular weight excluding hydrogens is 269 g/mol. The molecule has 2 N–H and O–H groups in total. The number of nitrogens with two attached hydrogens (primary N) is 1. The first-order chi connectivity index (χ1) is 9.49. The summed E-state index contributed by atoms with van der Waals surface area (Å²) in [5, 5.41) is 7.99. The minimum absolute atomic E-state index is 0.186. The van der Waals surface area contributed by atoms with Crippen LogP contribution in [0.15, 0.2) is 0 Å². The molecule has 0 amide bonds. The first kappa shape index (κ1) is 15.3. The quantitative estimate of drug-likeness (QED) is 0.927. The average Bonchev–Trinajstić information content (AvgIpc) is 2.81. The minimum Gasteiger partial charge on any atom is -0.324 e. The average molecular weight is 290 g/mol. The van der Waals surface area contributed by atoms with Gasteiger partial charge in [0.1, 0.15) is 11.6 Å². The first-order valence-corrected chi connectivity index (χ1v) is 7.17. The van der Waals surface area contributed by atoms with Crippen LogP contribution in [-0.2, 0) is 13.1 Å². The number of rotatable bonds is 4. The largest absolute Gasteiger partial charge is 0.392 e. The van der Waals surface area contributed by atoms with Crippen LogP contribution >= 0.6 is 0 Å². The van der Waals surface area contributed by atoms with Crippen LogP contribution in [0.3, 0.4) is 0 Å². The van der Waals surface area contributed by atoms with E-state index in [1.807, 2.05) is 6.92 Å². The predicted octanol–water partition coefficient (Wildman–Crippen LogP) is 2.98. The first-order valence-electron chi connectivity index (χ1n) is 7.17. The number of aromatic nitrogens is 3. The molecule has 1 aromatic heterocycles. The summed E-state index contributed by atoms with van der Waals surface area (Å²) < 4.78 is 41.4. The predicted molar refractivity (Wildman–Crippen MR) is 69.0 cm³/mol. The maximum atomic E-state index is 13.2. The maximum Gasteiger partial charge on any atom is 0.392 e. The van der Waals surface area contributed by atoms with Gasteiger partial charge in [0.15, 0.2) is 0 Å². The third kappa shape index (κ3) is 2.97. The van der Waals surface area contributed by atoms with Gasteiger partial charge in [-0.2, -0.15) is 13.2 Å². The molecule has 0 aromatic carbocycles. The normalized spacial score (nSPS) is 24.1. The SMILES string of the molecule is CCCn1c(CN)nnc1C1CCCCC1C(F)(F)F. The Morgan fingerprint density at radius 3 is 2.55 bits per heavy atom. The molecule has 20 heavy (non-hydrogen) atoms. The van der Waals surface area contributed by atoms with Crippen LogP contribution in [0.5, 0.6) is 0 Å². The zero-order valence-electron chi connectivity index (χ0n) is 11.7. The smallest absolute Gasteiger partial charge is 0.324 e. The summed E-state index contributed by atoms with van der Waals surface area (Å²) in [6.45, 7) is 2.80. The van der Waals surface area contributed by atoms with Crippen molar-refractivity contribution in [1.29, 1.82) is 0 Å². The van der Waals surface area contributed by atoms with Crippen LogP contribution in [0.1, 0.15) is 56.6 Å². The second kappa shape index (κ2) is 6.11. The van der Waals surface area contributed by atoms with E-state index in [9.17, 15) is 13.2 Å². The highest BCUT2D eigenvalue weighted by Crippen LogP contribution is 2.46. The second-order valence-electron chi connectivity index (χ2n) is 5.37.